The number of nitrogens with zero attached hydrogens (tertiary/aromatic N) is 7. The molecule has 0 saturated carbocycles. The normalized spacial score (nSPS) is 24.8. The fourth-order valence-electron chi connectivity index (χ4n) is 5.24. The second-order valence-corrected chi connectivity index (χ2v) is 11.5. The Kier molecular flexibility index (Phi) is 4.18. The Morgan fingerprint density at radius 3 is 2.90 bits per heavy atom. The van der Waals surface area contributed by atoms with E-state index in [2.05, 4.69) is 39.1 Å². The van der Waals surface area contributed by atoms with E-state index in [-0.39, 0.29) is 11.5 Å². The van der Waals surface area contributed by atoms with E-state index < -0.39 is 9.73 Å². The molecule has 0 bridgehead atoms. The number of rotatable bonds is 3. The number of aromatic nitrogens is 5. The Morgan fingerprint density at radius 2 is 2.19 bits per heavy atom. The van der Waals surface area contributed by atoms with Gasteiger partial charge >= 0.3 is 0 Å². The van der Waals surface area contributed by atoms with E-state index in [0.29, 0.717) is 36.1 Å². The van der Waals surface area contributed by atoms with Gasteiger partial charge in [0, 0.05) is 48.7 Å². The average molecular weight is 443 g/mol. The first-order valence-corrected chi connectivity index (χ1v) is 12.4. The van der Waals surface area contributed by atoms with E-state index in [4.69, 9.17) is 14.1 Å². The van der Waals surface area contributed by atoms with Gasteiger partial charge in [-0.3, -0.25) is 5.10 Å². The Labute approximate surface area is 180 Å². The van der Waals surface area contributed by atoms with Crippen LogP contribution >= 0.6 is 0 Å². The van der Waals surface area contributed by atoms with Crippen molar-refractivity contribution in [2.75, 3.05) is 56.3 Å². The molecule has 3 fully saturated rings. The van der Waals surface area contributed by atoms with Crippen molar-refractivity contribution in [1.29, 1.82) is 0 Å². The summed E-state index contributed by atoms with van der Waals surface area (Å²) in [6, 6.07) is 4.01. The molecule has 3 aliphatic rings. The fourth-order valence-corrected chi connectivity index (χ4v) is 8.08. The van der Waals surface area contributed by atoms with Crippen LogP contribution in [0, 0.1) is 5.41 Å². The molecule has 0 unspecified atom stereocenters. The van der Waals surface area contributed by atoms with Crippen LogP contribution in [0.3, 0.4) is 0 Å². The molecular weight excluding hydrogens is 416 g/mol. The number of morpholine rings is 1. The van der Waals surface area contributed by atoms with E-state index in [0.717, 1.165) is 36.7 Å². The molecule has 3 saturated heterocycles. The summed E-state index contributed by atoms with van der Waals surface area (Å²) in [5.41, 5.74) is 1.58. The quantitative estimate of drug-likeness (QED) is 0.654. The van der Waals surface area contributed by atoms with Crippen molar-refractivity contribution in [2.45, 2.75) is 13.0 Å². The SMILES string of the molecule is C[C@@H]1COCCN1c1cc(N=S2(=O)CC3(CN(C)C3)C2)c2cnn(-c3ccn[nH]3)c2n1. The maximum Gasteiger partial charge on any atom is 0.169 e. The molecule has 0 radical (unpaired) electrons. The van der Waals surface area contributed by atoms with Gasteiger partial charge in [-0.25, -0.2) is 9.19 Å². The van der Waals surface area contributed by atoms with Gasteiger partial charge in [0.15, 0.2) is 11.5 Å². The second-order valence-electron chi connectivity index (χ2n) is 9.18. The maximum absolute atomic E-state index is 13.5. The summed E-state index contributed by atoms with van der Waals surface area (Å²) in [6.07, 6.45) is 3.44. The number of H-pyrrole nitrogens is 1. The number of likely N-dealkylation sites (tertiary alicyclic amines) is 1. The van der Waals surface area contributed by atoms with Crippen molar-refractivity contribution in [2.24, 2.45) is 9.78 Å². The Bertz CT molecular complexity index is 1240. The summed E-state index contributed by atoms with van der Waals surface area (Å²) in [6.45, 7) is 6.21. The molecule has 1 atom stereocenters. The Morgan fingerprint density at radius 1 is 1.35 bits per heavy atom. The van der Waals surface area contributed by atoms with Crippen LogP contribution < -0.4 is 4.90 Å². The molecule has 0 aromatic carbocycles. The van der Waals surface area contributed by atoms with Gasteiger partial charge < -0.3 is 14.5 Å². The van der Waals surface area contributed by atoms with Crippen LogP contribution in [0.1, 0.15) is 6.92 Å². The van der Waals surface area contributed by atoms with E-state index in [1.54, 1.807) is 17.1 Å². The van der Waals surface area contributed by atoms with Crippen molar-refractivity contribution in [1.82, 2.24) is 29.9 Å². The third-order valence-corrected chi connectivity index (χ3v) is 9.08. The zero-order valence-corrected chi connectivity index (χ0v) is 18.5. The largest absolute Gasteiger partial charge is 0.377 e. The molecule has 6 heterocycles. The molecule has 10 nitrogen and oxygen atoms in total. The maximum atomic E-state index is 13.5. The molecule has 31 heavy (non-hydrogen) atoms. The first-order chi connectivity index (χ1) is 14.9. The lowest BCUT2D eigenvalue weighted by molar-refractivity contribution is 0.0515. The van der Waals surface area contributed by atoms with Crippen LogP contribution in [0.2, 0.25) is 0 Å². The molecule has 1 N–H and O–H groups in total. The Hall–Kier alpha value is -2.50. The smallest absolute Gasteiger partial charge is 0.169 e. The minimum atomic E-state index is -2.26. The third-order valence-electron chi connectivity index (χ3n) is 6.42. The van der Waals surface area contributed by atoms with Gasteiger partial charge in [0.1, 0.15) is 5.82 Å². The number of aromatic amines is 1. The minimum Gasteiger partial charge on any atom is -0.377 e. The van der Waals surface area contributed by atoms with Gasteiger partial charge in [-0.1, -0.05) is 0 Å². The van der Waals surface area contributed by atoms with Gasteiger partial charge in [0.25, 0.3) is 0 Å². The highest BCUT2D eigenvalue weighted by molar-refractivity contribution is 7.95. The lowest BCUT2D eigenvalue weighted by Crippen LogP contribution is -2.66. The number of ether oxygens (including phenoxy) is 1. The lowest BCUT2D eigenvalue weighted by Gasteiger charge is -2.55. The summed E-state index contributed by atoms with van der Waals surface area (Å²) >= 11 is 0. The molecule has 3 aliphatic heterocycles. The van der Waals surface area contributed by atoms with Gasteiger partial charge in [0.05, 0.1) is 52.5 Å². The topological polar surface area (TPSA) is 105 Å². The predicted molar refractivity (Wildman–Crippen MR) is 119 cm³/mol. The van der Waals surface area contributed by atoms with Crippen LogP contribution in [0.5, 0.6) is 0 Å². The zero-order chi connectivity index (χ0) is 21.2. The highest BCUT2D eigenvalue weighted by Gasteiger charge is 2.53. The molecule has 0 aliphatic carbocycles. The van der Waals surface area contributed by atoms with E-state index in [1.165, 1.54) is 0 Å². The van der Waals surface area contributed by atoms with Crippen molar-refractivity contribution in [3.63, 3.8) is 0 Å². The van der Waals surface area contributed by atoms with Crippen LogP contribution in [0.15, 0.2) is 28.9 Å². The van der Waals surface area contributed by atoms with E-state index in [9.17, 15) is 4.21 Å². The predicted octanol–water partition coefficient (Wildman–Crippen LogP) is 1.41. The number of hydrogen-bond acceptors (Lipinski definition) is 8. The number of pyridine rings is 1. The minimum absolute atomic E-state index is 0.195. The number of anilines is 1. The monoisotopic (exact) mass is 442 g/mol. The van der Waals surface area contributed by atoms with E-state index >= 15 is 0 Å². The lowest BCUT2D eigenvalue weighted by atomic mass is 9.83. The summed E-state index contributed by atoms with van der Waals surface area (Å²) in [5.74, 6) is 2.88. The van der Waals surface area contributed by atoms with Crippen LogP contribution in [-0.4, -0.2) is 91.5 Å². The first kappa shape index (κ1) is 19.2. The summed E-state index contributed by atoms with van der Waals surface area (Å²) < 4.78 is 25.6. The molecule has 1 spiro atoms. The first-order valence-electron chi connectivity index (χ1n) is 10.6. The molecule has 3 aromatic rings. The molecular formula is C20H26N8O2S. The van der Waals surface area contributed by atoms with Crippen molar-refractivity contribution < 1.29 is 8.95 Å². The summed E-state index contributed by atoms with van der Waals surface area (Å²) in [7, 11) is -0.155. The standard InChI is InChI=1S/C20H26N8O2S/c1-14-9-30-6-5-27(14)18-7-16(25-31(29)12-20(13-31)10-26(2)11-20)15-8-22-28(19(15)23-18)17-3-4-21-24-17/h3-4,7-8,14H,5-6,9-13H2,1-2H3,(H,21,24)/t14-/m1/s1. The Balaban J connectivity index is 1.47. The summed E-state index contributed by atoms with van der Waals surface area (Å²) in [5, 5.41) is 12.3. The average Bonchev–Trinajstić information content (AvgIpc) is 3.35. The van der Waals surface area contributed by atoms with Crippen LogP contribution in [0.4, 0.5) is 11.5 Å². The molecule has 3 aromatic heterocycles. The summed E-state index contributed by atoms with van der Waals surface area (Å²) in [4.78, 5) is 9.43. The number of fused-ring (bicyclic) bond motifs is 1. The third kappa shape index (κ3) is 3.14. The molecule has 164 valence electrons. The van der Waals surface area contributed by atoms with Gasteiger partial charge in [-0.2, -0.15) is 19.2 Å². The van der Waals surface area contributed by atoms with Gasteiger partial charge in [0.2, 0.25) is 0 Å². The van der Waals surface area contributed by atoms with Crippen LogP contribution in [0.25, 0.3) is 16.9 Å². The number of hydrogen-bond donors (Lipinski definition) is 1. The highest BCUT2D eigenvalue weighted by Crippen LogP contribution is 2.44. The highest BCUT2D eigenvalue weighted by atomic mass is 32.2. The zero-order valence-electron chi connectivity index (χ0n) is 17.7. The van der Waals surface area contributed by atoms with Crippen LogP contribution in [-0.2, 0) is 14.5 Å². The number of nitrogens with one attached hydrogen (secondary N) is 1. The van der Waals surface area contributed by atoms with E-state index in [1.807, 2.05) is 12.1 Å². The van der Waals surface area contributed by atoms with Crippen molar-refractivity contribution in [3.8, 4) is 5.82 Å². The van der Waals surface area contributed by atoms with Crippen molar-refractivity contribution >= 4 is 32.3 Å². The molecule has 0 amide bonds. The molecule has 11 heteroatoms. The van der Waals surface area contributed by atoms with Gasteiger partial charge in [-0.15, -0.1) is 0 Å². The second kappa shape index (κ2) is 6.75. The van der Waals surface area contributed by atoms with Gasteiger partial charge in [-0.05, 0) is 14.0 Å². The molecule has 6 rings (SSSR count). The fraction of sp³-hybridized carbons (Fsp3) is 0.550. The van der Waals surface area contributed by atoms with Crippen molar-refractivity contribution in [3.05, 3.63) is 24.5 Å².